The summed E-state index contributed by atoms with van der Waals surface area (Å²) in [5, 5.41) is 11.1. The molecule has 1 aliphatic heterocycles. The minimum Gasteiger partial charge on any atom is -0.634 e. The summed E-state index contributed by atoms with van der Waals surface area (Å²) in [4.78, 5) is 0. The molecule has 0 amide bonds. The molecule has 0 saturated carbocycles. The largest absolute Gasteiger partial charge is 0.634 e. The third kappa shape index (κ3) is 2.70. The van der Waals surface area contributed by atoms with E-state index in [1.807, 2.05) is 0 Å². The third-order valence-electron chi connectivity index (χ3n) is 2.88. The summed E-state index contributed by atoms with van der Waals surface area (Å²) in [6.07, 6.45) is -2.83. The van der Waals surface area contributed by atoms with E-state index in [4.69, 9.17) is 0 Å². The Morgan fingerprint density at radius 1 is 1.22 bits per heavy atom. The van der Waals surface area contributed by atoms with E-state index in [-0.39, 0.29) is 30.1 Å². The first-order chi connectivity index (χ1) is 8.38. The van der Waals surface area contributed by atoms with Crippen molar-refractivity contribution in [3.05, 3.63) is 46.4 Å². The predicted octanol–water partition coefficient (Wildman–Crippen LogP) is 2.01. The number of halogens is 4. The fourth-order valence-corrected chi connectivity index (χ4v) is 1.99. The van der Waals surface area contributed by atoms with Crippen molar-refractivity contribution >= 4 is 5.57 Å². The maximum Gasteiger partial charge on any atom is 0.417 e. The van der Waals surface area contributed by atoms with Crippen molar-refractivity contribution in [3.63, 3.8) is 0 Å². The average molecular weight is 261 g/mol. The molecule has 18 heavy (non-hydrogen) atoms. The van der Waals surface area contributed by atoms with Crippen molar-refractivity contribution < 1.29 is 22.6 Å². The molecule has 1 unspecified atom stereocenters. The summed E-state index contributed by atoms with van der Waals surface area (Å²) >= 11 is 0. The highest BCUT2D eigenvalue weighted by Gasteiger charge is 2.34. The maximum atomic E-state index is 12.9. The Morgan fingerprint density at radius 2 is 1.94 bits per heavy atom. The molecule has 0 bridgehead atoms. The normalized spacial score (nSPS) is 20.7. The lowest BCUT2D eigenvalue weighted by Gasteiger charge is -2.27. The third-order valence-corrected chi connectivity index (χ3v) is 2.88. The van der Waals surface area contributed by atoms with E-state index in [9.17, 15) is 22.8 Å². The first-order valence-electron chi connectivity index (χ1n) is 5.46. The average Bonchev–Trinajstić information content (AvgIpc) is 2.29. The second-order valence-corrected chi connectivity index (χ2v) is 4.16. The summed E-state index contributed by atoms with van der Waals surface area (Å²) in [5.74, 6) is -0.918. The van der Waals surface area contributed by atoms with Crippen molar-refractivity contribution in [2.24, 2.45) is 0 Å². The van der Waals surface area contributed by atoms with Crippen LogP contribution in [0.1, 0.15) is 17.5 Å². The summed E-state index contributed by atoms with van der Waals surface area (Å²) in [6.45, 7) is 0.379. The van der Waals surface area contributed by atoms with Crippen LogP contribution in [0.25, 0.3) is 5.57 Å². The van der Waals surface area contributed by atoms with Crippen LogP contribution in [0.4, 0.5) is 17.6 Å². The molecule has 0 aromatic heterocycles. The van der Waals surface area contributed by atoms with Gasteiger partial charge in [-0.15, -0.1) is 0 Å². The van der Waals surface area contributed by atoms with E-state index in [1.165, 1.54) is 6.08 Å². The van der Waals surface area contributed by atoms with E-state index >= 15 is 0 Å². The Morgan fingerprint density at radius 3 is 2.50 bits per heavy atom. The lowest BCUT2D eigenvalue weighted by atomic mass is 9.95. The van der Waals surface area contributed by atoms with Crippen molar-refractivity contribution in [3.8, 4) is 0 Å². The Bertz CT molecular complexity index is 481. The van der Waals surface area contributed by atoms with Crippen LogP contribution >= 0.6 is 0 Å². The zero-order chi connectivity index (χ0) is 13.3. The van der Waals surface area contributed by atoms with Crippen molar-refractivity contribution in [2.45, 2.75) is 12.6 Å². The molecule has 1 N–H and O–H groups in total. The molecule has 0 aliphatic carbocycles. The Kier molecular flexibility index (Phi) is 3.41. The minimum atomic E-state index is -4.60. The van der Waals surface area contributed by atoms with E-state index < -0.39 is 17.6 Å². The van der Waals surface area contributed by atoms with Crippen LogP contribution in [-0.4, -0.2) is 13.1 Å². The van der Waals surface area contributed by atoms with Crippen LogP contribution in [0.15, 0.2) is 24.3 Å². The second-order valence-electron chi connectivity index (χ2n) is 4.16. The monoisotopic (exact) mass is 261 g/mol. The van der Waals surface area contributed by atoms with Gasteiger partial charge in [-0.05, 0) is 29.3 Å². The van der Waals surface area contributed by atoms with E-state index in [1.54, 1.807) is 0 Å². The molecular weight excluding hydrogens is 250 g/mol. The molecule has 2 nitrogen and oxygen atoms in total. The van der Waals surface area contributed by atoms with Crippen LogP contribution in [0.5, 0.6) is 0 Å². The van der Waals surface area contributed by atoms with Gasteiger partial charge in [0, 0.05) is 6.42 Å². The summed E-state index contributed by atoms with van der Waals surface area (Å²) < 4.78 is 51.3. The highest BCUT2D eigenvalue weighted by Crippen LogP contribution is 2.36. The molecule has 1 aromatic rings. The molecule has 1 aliphatic rings. The van der Waals surface area contributed by atoms with E-state index in [0.29, 0.717) is 11.6 Å². The van der Waals surface area contributed by atoms with E-state index in [2.05, 4.69) is 0 Å². The quantitative estimate of drug-likeness (QED) is 0.607. The lowest BCUT2D eigenvalue weighted by Crippen LogP contribution is -3.07. The van der Waals surface area contributed by atoms with Gasteiger partial charge >= 0.3 is 6.18 Å². The van der Waals surface area contributed by atoms with Crippen molar-refractivity contribution in [2.75, 3.05) is 13.1 Å². The first-order valence-corrected chi connectivity index (χ1v) is 5.46. The Labute approximate surface area is 101 Å². The van der Waals surface area contributed by atoms with Gasteiger partial charge in [0.1, 0.15) is 5.82 Å². The number of hydroxylamine groups is 2. The second kappa shape index (κ2) is 4.70. The maximum absolute atomic E-state index is 12.9. The minimum absolute atomic E-state index is 0.00872. The number of quaternary nitrogens is 1. The zero-order valence-corrected chi connectivity index (χ0v) is 9.35. The smallest absolute Gasteiger partial charge is 0.417 e. The van der Waals surface area contributed by atoms with Crippen LogP contribution in [0, 0.1) is 11.0 Å². The van der Waals surface area contributed by atoms with Gasteiger partial charge < -0.3 is 10.3 Å². The van der Waals surface area contributed by atoms with Gasteiger partial charge in [-0.25, -0.2) is 4.39 Å². The van der Waals surface area contributed by atoms with Crippen LogP contribution in [-0.2, 0) is 6.18 Å². The molecule has 2 rings (SSSR count). The molecule has 0 radical (unpaired) electrons. The number of alkyl halides is 3. The van der Waals surface area contributed by atoms with Gasteiger partial charge in [-0.2, -0.15) is 13.2 Å². The molecule has 1 aromatic carbocycles. The van der Waals surface area contributed by atoms with Crippen molar-refractivity contribution in [1.29, 1.82) is 0 Å². The van der Waals surface area contributed by atoms with Gasteiger partial charge in [0.05, 0.1) is 18.7 Å². The molecular formula is C12H11F4NO. The van der Waals surface area contributed by atoms with Gasteiger partial charge in [0.15, 0.2) is 0 Å². The fourth-order valence-electron chi connectivity index (χ4n) is 1.99. The SMILES string of the molecule is [O-][NH+]1CC=C(c2ccc(F)cc2C(F)(F)F)CC1. The summed E-state index contributed by atoms with van der Waals surface area (Å²) in [7, 11) is 0. The highest BCUT2D eigenvalue weighted by molar-refractivity contribution is 5.69. The van der Waals surface area contributed by atoms with Gasteiger partial charge in [0.2, 0.25) is 0 Å². The summed E-state index contributed by atoms with van der Waals surface area (Å²) in [6, 6.07) is 2.62. The number of hydrogen-bond acceptors (Lipinski definition) is 1. The Hall–Kier alpha value is -1.40. The lowest BCUT2D eigenvalue weighted by molar-refractivity contribution is -0.842. The molecule has 6 heteroatoms. The van der Waals surface area contributed by atoms with Crippen LogP contribution in [0.3, 0.4) is 0 Å². The zero-order valence-electron chi connectivity index (χ0n) is 9.35. The Balaban J connectivity index is 2.45. The highest BCUT2D eigenvalue weighted by atomic mass is 19.4. The van der Waals surface area contributed by atoms with Gasteiger partial charge in [0.25, 0.3) is 0 Å². The van der Waals surface area contributed by atoms with Crippen molar-refractivity contribution in [1.82, 2.24) is 0 Å². The number of rotatable bonds is 1. The molecule has 1 atom stereocenters. The predicted molar refractivity (Wildman–Crippen MR) is 58.1 cm³/mol. The molecule has 0 saturated heterocycles. The fraction of sp³-hybridized carbons (Fsp3) is 0.333. The number of hydrogen-bond donors (Lipinski definition) is 1. The number of nitrogens with one attached hydrogen (secondary N) is 1. The standard InChI is InChI=1S/C12H11F4NO/c13-9-1-2-10(11(7-9)12(14,15)16)8-3-5-17(18)6-4-8/h1-3,7,17H,4-6H2. The molecule has 0 spiro atoms. The summed E-state index contributed by atoms with van der Waals surface area (Å²) in [5.41, 5.74) is -0.554. The molecule has 1 heterocycles. The van der Waals surface area contributed by atoms with E-state index in [0.717, 1.165) is 12.1 Å². The van der Waals surface area contributed by atoms with Gasteiger partial charge in [-0.3, -0.25) is 0 Å². The molecule has 98 valence electrons. The van der Waals surface area contributed by atoms with Gasteiger partial charge in [-0.1, -0.05) is 6.07 Å². The first kappa shape index (κ1) is 13.0. The van der Waals surface area contributed by atoms with Crippen LogP contribution in [0.2, 0.25) is 0 Å². The molecule has 0 fully saturated rings. The van der Waals surface area contributed by atoms with Crippen LogP contribution < -0.4 is 5.06 Å². The topological polar surface area (TPSA) is 27.5 Å². The number of benzene rings is 1.